The quantitative estimate of drug-likeness (QED) is 0.454. The van der Waals surface area contributed by atoms with Gasteiger partial charge in [-0.05, 0) is 17.7 Å². The SMILES string of the molecule is Cn1ccnc1CCNCC(O)c1ccc([N+](=O)[O-])cc1. The molecule has 1 atom stereocenters. The fraction of sp³-hybridized carbons (Fsp3) is 0.357. The first-order chi connectivity index (χ1) is 10.1. The van der Waals surface area contributed by atoms with Crippen molar-refractivity contribution in [3.8, 4) is 0 Å². The number of hydrogen-bond donors (Lipinski definition) is 2. The van der Waals surface area contributed by atoms with Crippen molar-refractivity contribution in [3.05, 3.63) is 58.2 Å². The first kappa shape index (κ1) is 15.1. The third kappa shape index (κ3) is 4.11. The molecule has 2 rings (SSSR count). The summed E-state index contributed by atoms with van der Waals surface area (Å²) in [4.78, 5) is 14.3. The summed E-state index contributed by atoms with van der Waals surface area (Å²) >= 11 is 0. The van der Waals surface area contributed by atoms with E-state index in [2.05, 4.69) is 10.3 Å². The van der Waals surface area contributed by atoms with E-state index >= 15 is 0 Å². The number of nitro benzene ring substituents is 1. The monoisotopic (exact) mass is 290 g/mol. The van der Waals surface area contributed by atoms with Crippen LogP contribution in [0.1, 0.15) is 17.5 Å². The van der Waals surface area contributed by atoms with Gasteiger partial charge in [0, 0.05) is 51.1 Å². The van der Waals surface area contributed by atoms with Crippen LogP contribution < -0.4 is 5.32 Å². The van der Waals surface area contributed by atoms with Gasteiger partial charge in [-0.2, -0.15) is 0 Å². The molecule has 0 spiro atoms. The van der Waals surface area contributed by atoms with Crippen LogP contribution in [-0.4, -0.2) is 32.7 Å². The van der Waals surface area contributed by atoms with E-state index in [1.165, 1.54) is 12.1 Å². The maximum Gasteiger partial charge on any atom is 0.269 e. The fourth-order valence-electron chi connectivity index (χ4n) is 2.01. The van der Waals surface area contributed by atoms with Gasteiger partial charge in [0.1, 0.15) is 5.82 Å². The fourth-order valence-corrected chi connectivity index (χ4v) is 2.01. The van der Waals surface area contributed by atoms with Crippen molar-refractivity contribution in [2.75, 3.05) is 13.1 Å². The summed E-state index contributed by atoms with van der Waals surface area (Å²) in [7, 11) is 1.94. The van der Waals surface area contributed by atoms with Gasteiger partial charge in [-0.25, -0.2) is 4.98 Å². The third-order valence-electron chi connectivity index (χ3n) is 3.27. The number of aryl methyl sites for hydroxylation is 1. The van der Waals surface area contributed by atoms with Crippen LogP contribution in [0, 0.1) is 10.1 Å². The van der Waals surface area contributed by atoms with Crippen molar-refractivity contribution in [2.24, 2.45) is 7.05 Å². The Morgan fingerprint density at radius 3 is 2.71 bits per heavy atom. The highest BCUT2D eigenvalue weighted by Gasteiger charge is 2.10. The molecule has 7 nitrogen and oxygen atoms in total. The molecule has 112 valence electrons. The summed E-state index contributed by atoms with van der Waals surface area (Å²) in [6, 6.07) is 5.94. The third-order valence-corrected chi connectivity index (χ3v) is 3.27. The van der Waals surface area contributed by atoms with E-state index in [9.17, 15) is 15.2 Å². The molecule has 0 radical (unpaired) electrons. The molecular formula is C14H18N4O3. The molecule has 2 aromatic rings. The van der Waals surface area contributed by atoms with Crippen LogP contribution in [0.15, 0.2) is 36.7 Å². The predicted molar refractivity (Wildman–Crippen MR) is 77.8 cm³/mol. The lowest BCUT2D eigenvalue weighted by atomic mass is 10.1. The highest BCUT2D eigenvalue weighted by atomic mass is 16.6. The minimum atomic E-state index is -0.688. The lowest BCUT2D eigenvalue weighted by Crippen LogP contribution is -2.24. The van der Waals surface area contributed by atoms with Gasteiger partial charge in [0.05, 0.1) is 11.0 Å². The molecule has 0 saturated carbocycles. The number of non-ortho nitro benzene ring substituents is 1. The van der Waals surface area contributed by atoms with Crippen molar-refractivity contribution in [1.29, 1.82) is 0 Å². The van der Waals surface area contributed by atoms with Crippen molar-refractivity contribution in [1.82, 2.24) is 14.9 Å². The number of aliphatic hydroxyl groups is 1. The molecular weight excluding hydrogens is 272 g/mol. The molecule has 1 heterocycles. The zero-order valence-electron chi connectivity index (χ0n) is 11.8. The molecule has 7 heteroatoms. The Balaban J connectivity index is 1.77. The molecule has 0 bridgehead atoms. The van der Waals surface area contributed by atoms with Crippen LogP contribution >= 0.6 is 0 Å². The van der Waals surface area contributed by atoms with Crippen molar-refractivity contribution in [3.63, 3.8) is 0 Å². The molecule has 1 aromatic carbocycles. The Morgan fingerprint density at radius 1 is 1.43 bits per heavy atom. The highest BCUT2D eigenvalue weighted by molar-refractivity contribution is 5.33. The van der Waals surface area contributed by atoms with Crippen molar-refractivity contribution < 1.29 is 10.0 Å². The van der Waals surface area contributed by atoms with Gasteiger partial charge in [0.25, 0.3) is 5.69 Å². The van der Waals surface area contributed by atoms with Crippen LogP contribution in [0.5, 0.6) is 0 Å². The van der Waals surface area contributed by atoms with Crippen molar-refractivity contribution in [2.45, 2.75) is 12.5 Å². The van der Waals surface area contributed by atoms with E-state index in [1.807, 2.05) is 17.8 Å². The van der Waals surface area contributed by atoms with Gasteiger partial charge in [-0.3, -0.25) is 10.1 Å². The summed E-state index contributed by atoms with van der Waals surface area (Å²) in [5.74, 6) is 0.979. The predicted octanol–water partition coefficient (Wildman–Crippen LogP) is 1.19. The molecule has 0 aliphatic heterocycles. The molecule has 21 heavy (non-hydrogen) atoms. The first-order valence-corrected chi connectivity index (χ1v) is 6.67. The molecule has 0 saturated heterocycles. The summed E-state index contributed by atoms with van der Waals surface area (Å²) in [5.41, 5.74) is 0.679. The number of nitrogens with one attached hydrogen (secondary N) is 1. The molecule has 1 unspecified atom stereocenters. The lowest BCUT2D eigenvalue weighted by molar-refractivity contribution is -0.384. The Morgan fingerprint density at radius 2 is 2.14 bits per heavy atom. The minimum absolute atomic E-state index is 0.0219. The number of rotatable bonds is 7. The number of nitro groups is 1. The van der Waals surface area contributed by atoms with Crippen LogP contribution in [0.4, 0.5) is 5.69 Å². The maximum atomic E-state index is 10.6. The van der Waals surface area contributed by atoms with E-state index in [-0.39, 0.29) is 5.69 Å². The van der Waals surface area contributed by atoms with Crippen LogP contribution in [0.3, 0.4) is 0 Å². The van der Waals surface area contributed by atoms with E-state index in [4.69, 9.17) is 0 Å². The van der Waals surface area contributed by atoms with E-state index in [0.717, 1.165) is 12.2 Å². The Hall–Kier alpha value is -2.25. The first-order valence-electron chi connectivity index (χ1n) is 6.67. The molecule has 0 aliphatic rings. The highest BCUT2D eigenvalue weighted by Crippen LogP contribution is 2.17. The Labute approximate surface area is 122 Å². The number of aromatic nitrogens is 2. The number of imidazole rings is 1. The zero-order valence-corrected chi connectivity index (χ0v) is 11.8. The van der Waals surface area contributed by atoms with E-state index in [0.29, 0.717) is 18.7 Å². The van der Waals surface area contributed by atoms with Crippen molar-refractivity contribution >= 4 is 5.69 Å². The second kappa shape index (κ2) is 6.96. The van der Waals surface area contributed by atoms with Gasteiger partial charge < -0.3 is 15.0 Å². The maximum absolute atomic E-state index is 10.6. The Bertz CT molecular complexity index is 595. The standard InChI is InChI=1S/C14H18N4O3/c1-17-9-8-16-14(17)6-7-15-10-13(19)11-2-4-12(5-3-11)18(20)21/h2-5,8-9,13,15,19H,6-7,10H2,1H3. The van der Waals surface area contributed by atoms with Gasteiger partial charge in [0.15, 0.2) is 0 Å². The smallest absolute Gasteiger partial charge is 0.269 e. The number of hydrogen-bond acceptors (Lipinski definition) is 5. The lowest BCUT2D eigenvalue weighted by Gasteiger charge is -2.12. The zero-order chi connectivity index (χ0) is 15.2. The molecule has 0 aliphatic carbocycles. The van der Waals surface area contributed by atoms with Crippen LogP contribution in [-0.2, 0) is 13.5 Å². The molecule has 1 aromatic heterocycles. The molecule has 0 fully saturated rings. The topological polar surface area (TPSA) is 93.2 Å². The summed E-state index contributed by atoms with van der Waals surface area (Å²) in [6.07, 6.45) is 3.73. The van der Waals surface area contributed by atoms with Crippen LogP contribution in [0.25, 0.3) is 0 Å². The number of benzene rings is 1. The van der Waals surface area contributed by atoms with E-state index < -0.39 is 11.0 Å². The second-order valence-electron chi connectivity index (χ2n) is 4.77. The van der Waals surface area contributed by atoms with Gasteiger partial charge in [-0.1, -0.05) is 0 Å². The summed E-state index contributed by atoms with van der Waals surface area (Å²) in [5, 5.41) is 23.7. The van der Waals surface area contributed by atoms with Gasteiger partial charge in [0.2, 0.25) is 0 Å². The average molecular weight is 290 g/mol. The minimum Gasteiger partial charge on any atom is -0.387 e. The molecule has 0 amide bonds. The number of aliphatic hydroxyl groups excluding tert-OH is 1. The largest absolute Gasteiger partial charge is 0.387 e. The van der Waals surface area contributed by atoms with Gasteiger partial charge >= 0.3 is 0 Å². The normalized spacial score (nSPS) is 12.3. The second-order valence-corrected chi connectivity index (χ2v) is 4.77. The number of nitrogens with zero attached hydrogens (tertiary/aromatic N) is 3. The summed E-state index contributed by atoms with van der Waals surface area (Å²) < 4.78 is 1.95. The van der Waals surface area contributed by atoms with E-state index in [1.54, 1.807) is 18.3 Å². The molecule has 2 N–H and O–H groups in total. The summed E-state index contributed by atoms with van der Waals surface area (Å²) in [6.45, 7) is 1.09. The Kier molecular flexibility index (Phi) is 5.02. The van der Waals surface area contributed by atoms with Gasteiger partial charge in [-0.15, -0.1) is 0 Å². The van der Waals surface area contributed by atoms with Crippen LogP contribution in [0.2, 0.25) is 0 Å². The average Bonchev–Trinajstić information content (AvgIpc) is 2.89.